The molecule has 0 spiro atoms. The average molecular weight is 694 g/mol. The standard InChI is InChI=1S/C53H43N/c1-53(2)50-22-11-10-20-47(50)49-34-48(40-26-23-37(24-27-40)42-28-25-36-13-6-7-15-41(36)33-42)52(35-51(49)53)54(43-17-4-3-5-18-43)44-31-29-39(30-32-44)46-21-12-16-38-14-8-9-19-45(38)46/h3-5,8-12,14,16-35H,6-7,13,15H2,1-2H3. The SMILES string of the molecule is CC1(C)c2ccccc2-c2cc(-c3ccc(-c4ccc5c(c4)CCCC5)cc3)c(N(c3ccccc3)c3ccc(-c4cccc5ccccc45)cc3)cc21. The molecule has 54 heavy (non-hydrogen) atoms. The first-order valence-corrected chi connectivity index (χ1v) is 19.5. The molecular weight excluding hydrogens is 651 g/mol. The maximum Gasteiger partial charge on any atom is 0.0543 e. The highest BCUT2D eigenvalue weighted by Crippen LogP contribution is 2.53. The van der Waals surface area contributed by atoms with Crippen LogP contribution in [-0.2, 0) is 18.3 Å². The Balaban J connectivity index is 1.14. The van der Waals surface area contributed by atoms with Crippen molar-refractivity contribution in [3.63, 3.8) is 0 Å². The zero-order valence-electron chi connectivity index (χ0n) is 31.0. The van der Waals surface area contributed by atoms with E-state index in [2.05, 4.69) is 195 Å². The Morgan fingerprint density at radius 3 is 1.85 bits per heavy atom. The van der Waals surface area contributed by atoms with Gasteiger partial charge in [0, 0.05) is 22.4 Å². The molecular formula is C53H43N. The van der Waals surface area contributed by atoms with E-state index in [0.717, 1.165) is 11.4 Å². The van der Waals surface area contributed by atoms with Crippen molar-refractivity contribution < 1.29 is 0 Å². The topological polar surface area (TPSA) is 3.24 Å². The van der Waals surface area contributed by atoms with E-state index < -0.39 is 0 Å². The van der Waals surface area contributed by atoms with Crippen LogP contribution in [0, 0.1) is 0 Å². The van der Waals surface area contributed by atoms with Crippen molar-refractivity contribution in [3.05, 3.63) is 198 Å². The van der Waals surface area contributed by atoms with E-state index in [0.29, 0.717) is 0 Å². The van der Waals surface area contributed by atoms with E-state index in [1.807, 2.05) is 0 Å². The lowest BCUT2D eigenvalue weighted by molar-refractivity contribution is 0.660. The molecule has 1 heteroatoms. The summed E-state index contributed by atoms with van der Waals surface area (Å²) in [5, 5.41) is 2.53. The van der Waals surface area contributed by atoms with Gasteiger partial charge in [-0.2, -0.15) is 0 Å². The first-order chi connectivity index (χ1) is 26.5. The van der Waals surface area contributed by atoms with Crippen molar-refractivity contribution in [2.45, 2.75) is 44.9 Å². The quantitative estimate of drug-likeness (QED) is 0.168. The molecule has 8 aromatic carbocycles. The molecule has 0 bridgehead atoms. The highest BCUT2D eigenvalue weighted by Gasteiger charge is 2.37. The molecule has 2 aliphatic carbocycles. The molecule has 0 N–H and O–H groups in total. The van der Waals surface area contributed by atoms with Crippen LogP contribution >= 0.6 is 0 Å². The minimum atomic E-state index is -0.129. The number of para-hydroxylation sites is 1. The smallest absolute Gasteiger partial charge is 0.0543 e. The first-order valence-electron chi connectivity index (χ1n) is 19.5. The van der Waals surface area contributed by atoms with Gasteiger partial charge >= 0.3 is 0 Å². The Morgan fingerprint density at radius 1 is 0.407 bits per heavy atom. The molecule has 0 heterocycles. The van der Waals surface area contributed by atoms with Crippen molar-refractivity contribution >= 4 is 27.8 Å². The second-order valence-corrected chi connectivity index (χ2v) is 15.6. The van der Waals surface area contributed by atoms with Crippen LogP contribution in [0.25, 0.3) is 55.3 Å². The summed E-state index contributed by atoms with van der Waals surface area (Å²) in [7, 11) is 0. The van der Waals surface area contributed by atoms with E-state index in [-0.39, 0.29) is 5.41 Å². The van der Waals surface area contributed by atoms with Gasteiger partial charge in [0.05, 0.1) is 5.69 Å². The Labute approximate surface area is 319 Å². The Morgan fingerprint density at radius 2 is 1.02 bits per heavy atom. The fraction of sp³-hybridized carbons (Fsp3) is 0.132. The molecule has 0 saturated heterocycles. The van der Waals surface area contributed by atoms with E-state index in [1.54, 1.807) is 0 Å². The summed E-state index contributed by atoms with van der Waals surface area (Å²) in [6, 6.07) is 65.6. The van der Waals surface area contributed by atoms with Gasteiger partial charge in [-0.15, -0.1) is 0 Å². The Kier molecular flexibility index (Phi) is 7.84. The van der Waals surface area contributed by atoms with Gasteiger partial charge < -0.3 is 4.90 Å². The minimum Gasteiger partial charge on any atom is -0.310 e. The van der Waals surface area contributed by atoms with Crippen LogP contribution < -0.4 is 4.90 Å². The summed E-state index contributed by atoms with van der Waals surface area (Å²) >= 11 is 0. The van der Waals surface area contributed by atoms with Crippen molar-refractivity contribution in [2.75, 3.05) is 4.90 Å². The predicted octanol–water partition coefficient (Wildman–Crippen LogP) is 14.5. The summed E-state index contributed by atoms with van der Waals surface area (Å²) in [6.07, 6.45) is 5.00. The molecule has 0 atom stereocenters. The van der Waals surface area contributed by atoms with Crippen LogP contribution in [0.4, 0.5) is 17.1 Å². The number of hydrogen-bond donors (Lipinski definition) is 0. The van der Waals surface area contributed by atoms with Crippen LogP contribution in [0.1, 0.15) is 48.9 Å². The minimum absolute atomic E-state index is 0.129. The molecule has 0 aliphatic heterocycles. The summed E-state index contributed by atoms with van der Waals surface area (Å²) in [5.41, 5.74) is 19.3. The largest absolute Gasteiger partial charge is 0.310 e. The highest BCUT2D eigenvalue weighted by atomic mass is 15.1. The molecule has 260 valence electrons. The van der Waals surface area contributed by atoms with Gasteiger partial charge in [0.2, 0.25) is 0 Å². The summed E-state index contributed by atoms with van der Waals surface area (Å²) in [4.78, 5) is 2.46. The molecule has 1 nitrogen and oxygen atoms in total. The molecule has 0 amide bonds. The number of nitrogens with zero attached hydrogens (tertiary/aromatic N) is 1. The average Bonchev–Trinajstić information content (AvgIpc) is 3.46. The molecule has 10 rings (SSSR count). The third kappa shape index (κ3) is 5.46. The number of aryl methyl sites for hydroxylation is 2. The third-order valence-corrected chi connectivity index (χ3v) is 12.1. The predicted molar refractivity (Wildman–Crippen MR) is 229 cm³/mol. The molecule has 0 saturated carbocycles. The van der Waals surface area contributed by atoms with E-state index in [4.69, 9.17) is 0 Å². The normalized spacial score (nSPS) is 14.0. The van der Waals surface area contributed by atoms with Crippen molar-refractivity contribution in [3.8, 4) is 44.5 Å². The maximum atomic E-state index is 2.48. The summed E-state index contributed by atoms with van der Waals surface area (Å²) in [5.74, 6) is 0. The first kappa shape index (κ1) is 32.5. The molecule has 2 aliphatic rings. The second kappa shape index (κ2) is 13.0. The number of benzene rings is 8. The van der Waals surface area contributed by atoms with E-state index in [9.17, 15) is 0 Å². The van der Waals surface area contributed by atoms with Gasteiger partial charge in [0.1, 0.15) is 0 Å². The number of anilines is 3. The molecule has 0 aromatic heterocycles. The van der Waals surface area contributed by atoms with Gasteiger partial charge in [0.15, 0.2) is 0 Å². The van der Waals surface area contributed by atoms with Gasteiger partial charge in [-0.3, -0.25) is 0 Å². The lowest BCUT2D eigenvalue weighted by atomic mass is 9.81. The summed E-state index contributed by atoms with van der Waals surface area (Å²) in [6.45, 7) is 4.75. The third-order valence-electron chi connectivity index (χ3n) is 12.1. The van der Waals surface area contributed by atoms with Crippen LogP contribution in [0.5, 0.6) is 0 Å². The maximum absolute atomic E-state index is 2.48. The molecule has 0 unspecified atom stereocenters. The monoisotopic (exact) mass is 693 g/mol. The summed E-state index contributed by atoms with van der Waals surface area (Å²) < 4.78 is 0. The van der Waals surface area contributed by atoms with Crippen molar-refractivity contribution in [1.29, 1.82) is 0 Å². The fourth-order valence-electron chi connectivity index (χ4n) is 9.18. The second-order valence-electron chi connectivity index (χ2n) is 15.6. The van der Waals surface area contributed by atoms with Crippen LogP contribution in [0.2, 0.25) is 0 Å². The highest BCUT2D eigenvalue weighted by molar-refractivity contribution is 5.98. The van der Waals surface area contributed by atoms with Crippen LogP contribution in [-0.4, -0.2) is 0 Å². The number of fused-ring (bicyclic) bond motifs is 5. The van der Waals surface area contributed by atoms with Crippen LogP contribution in [0.15, 0.2) is 176 Å². The molecule has 0 radical (unpaired) electrons. The van der Waals surface area contributed by atoms with Gasteiger partial charge in [-0.05, 0) is 134 Å². The van der Waals surface area contributed by atoms with Gasteiger partial charge in [0.25, 0.3) is 0 Å². The van der Waals surface area contributed by atoms with Gasteiger partial charge in [-0.25, -0.2) is 0 Å². The lowest BCUT2D eigenvalue weighted by Crippen LogP contribution is -2.17. The van der Waals surface area contributed by atoms with Gasteiger partial charge in [-0.1, -0.05) is 153 Å². The zero-order chi connectivity index (χ0) is 36.2. The van der Waals surface area contributed by atoms with Crippen molar-refractivity contribution in [2.24, 2.45) is 0 Å². The van der Waals surface area contributed by atoms with Crippen LogP contribution in [0.3, 0.4) is 0 Å². The van der Waals surface area contributed by atoms with Crippen molar-refractivity contribution in [1.82, 2.24) is 0 Å². The molecule has 8 aromatic rings. The number of hydrogen-bond acceptors (Lipinski definition) is 1. The van der Waals surface area contributed by atoms with E-state index in [1.165, 1.54) is 109 Å². The zero-order valence-corrected chi connectivity index (χ0v) is 31.0. The van der Waals surface area contributed by atoms with E-state index >= 15 is 0 Å². The Hall–Kier alpha value is -6.18. The Bertz CT molecular complexity index is 2660. The molecule has 0 fully saturated rings. The lowest BCUT2D eigenvalue weighted by Gasteiger charge is -2.30. The number of rotatable bonds is 6. The fourth-order valence-corrected chi connectivity index (χ4v) is 9.18.